The minimum absolute atomic E-state index is 0.0241. The highest BCUT2D eigenvalue weighted by Crippen LogP contribution is 2.32. The Kier molecular flexibility index (Phi) is 4.68. The second-order valence-electron chi connectivity index (χ2n) is 7.47. The fraction of sp³-hybridized carbons (Fsp3) is 0.304. The van der Waals surface area contributed by atoms with E-state index >= 15 is 0 Å². The van der Waals surface area contributed by atoms with Crippen molar-refractivity contribution in [3.05, 3.63) is 77.1 Å². The normalized spacial score (nSPS) is 17.4. The molecular weight excluding hydrogens is 366 g/mol. The van der Waals surface area contributed by atoms with Crippen molar-refractivity contribution in [1.29, 1.82) is 0 Å². The number of nitrogens with one attached hydrogen (secondary N) is 1. The first-order chi connectivity index (χ1) is 14.3. The maximum atomic E-state index is 12.9. The van der Waals surface area contributed by atoms with Crippen LogP contribution in [0.15, 0.2) is 54.7 Å². The molecule has 0 radical (unpaired) electrons. The summed E-state index contributed by atoms with van der Waals surface area (Å²) in [5.41, 5.74) is 4.14. The van der Waals surface area contributed by atoms with Gasteiger partial charge in [0.1, 0.15) is 13.2 Å². The zero-order valence-corrected chi connectivity index (χ0v) is 16.1. The van der Waals surface area contributed by atoms with Crippen LogP contribution in [0.3, 0.4) is 0 Å². The average molecular weight is 389 g/mol. The molecule has 2 heterocycles. The van der Waals surface area contributed by atoms with Gasteiger partial charge in [0.15, 0.2) is 11.5 Å². The first-order valence-corrected chi connectivity index (χ1v) is 10.1. The first-order valence-electron chi connectivity index (χ1n) is 10.1. The number of carbonyl (C=O) groups is 1. The molecule has 0 saturated heterocycles. The summed E-state index contributed by atoms with van der Waals surface area (Å²) in [6.45, 7) is 1.79. The van der Waals surface area contributed by atoms with Crippen molar-refractivity contribution in [2.24, 2.45) is 0 Å². The summed E-state index contributed by atoms with van der Waals surface area (Å²) in [5.74, 6) is 1.22. The van der Waals surface area contributed by atoms with Gasteiger partial charge in [-0.25, -0.2) is 0 Å². The van der Waals surface area contributed by atoms with E-state index < -0.39 is 0 Å². The SMILES string of the molecule is O=C(N[C@@H]1CCCc2c1cnn2Cc1ccccc1)c1ccc2c(c1)OCCO2. The number of hydrogen-bond acceptors (Lipinski definition) is 4. The minimum atomic E-state index is -0.101. The smallest absolute Gasteiger partial charge is 0.251 e. The molecule has 1 aromatic heterocycles. The summed E-state index contributed by atoms with van der Waals surface area (Å²) in [5, 5.41) is 7.80. The van der Waals surface area contributed by atoms with Gasteiger partial charge in [-0.05, 0) is 43.0 Å². The third-order valence-corrected chi connectivity index (χ3v) is 5.55. The third kappa shape index (κ3) is 3.58. The lowest BCUT2D eigenvalue weighted by molar-refractivity contribution is 0.0931. The molecule has 1 aliphatic heterocycles. The van der Waals surface area contributed by atoms with Gasteiger partial charge in [0.25, 0.3) is 5.91 Å². The van der Waals surface area contributed by atoms with Gasteiger partial charge in [0.2, 0.25) is 0 Å². The van der Waals surface area contributed by atoms with E-state index in [-0.39, 0.29) is 11.9 Å². The number of hydrogen-bond donors (Lipinski definition) is 1. The number of aromatic nitrogens is 2. The van der Waals surface area contributed by atoms with Gasteiger partial charge in [-0.2, -0.15) is 5.10 Å². The highest BCUT2D eigenvalue weighted by atomic mass is 16.6. The number of amides is 1. The Morgan fingerprint density at radius 1 is 1.10 bits per heavy atom. The maximum absolute atomic E-state index is 12.9. The fourth-order valence-electron chi connectivity index (χ4n) is 4.09. The number of ether oxygens (including phenoxy) is 2. The van der Waals surface area contributed by atoms with Gasteiger partial charge in [0.05, 0.1) is 18.8 Å². The zero-order chi connectivity index (χ0) is 19.6. The molecule has 0 bridgehead atoms. The van der Waals surface area contributed by atoms with Crippen LogP contribution in [-0.2, 0) is 13.0 Å². The monoisotopic (exact) mass is 389 g/mol. The average Bonchev–Trinajstić information content (AvgIpc) is 3.18. The van der Waals surface area contributed by atoms with E-state index in [0.29, 0.717) is 30.3 Å². The Bertz CT molecular complexity index is 1030. The number of nitrogens with zero attached hydrogens (tertiary/aromatic N) is 2. The molecule has 5 rings (SSSR count). The summed E-state index contributed by atoms with van der Waals surface area (Å²) in [7, 11) is 0. The predicted octanol–water partition coefficient (Wildman–Crippen LogP) is 3.51. The highest BCUT2D eigenvalue weighted by Gasteiger charge is 2.26. The molecule has 6 heteroatoms. The van der Waals surface area contributed by atoms with Crippen molar-refractivity contribution in [1.82, 2.24) is 15.1 Å². The largest absolute Gasteiger partial charge is 0.486 e. The van der Waals surface area contributed by atoms with Gasteiger partial charge in [-0.3, -0.25) is 9.48 Å². The van der Waals surface area contributed by atoms with Crippen molar-refractivity contribution in [3.63, 3.8) is 0 Å². The zero-order valence-electron chi connectivity index (χ0n) is 16.1. The fourth-order valence-corrected chi connectivity index (χ4v) is 4.09. The van der Waals surface area contributed by atoms with Crippen LogP contribution in [0.1, 0.15) is 46.1 Å². The summed E-state index contributed by atoms with van der Waals surface area (Å²) in [6, 6.07) is 15.6. The number of rotatable bonds is 4. The highest BCUT2D eigenvalue weighted by molar-refractivity contribution is 5.95. The Hall–Kier alpha value is -3.28. The van der Waals surface area contributed by atoms with E-state index in [4.69, 9.17) is 9.47 Å². The first kappa shape index (κ1) is 17.8. The molecular formula is C23H23N3O3. The molecule has 0 spiro atoms. The Labute approximate surface area is 169 Å². The number of fused-ring (bicyclic) bond motifs is 2. The molecule has 29 heavy (non-hydrogen) atoms. The summed E-state index contributed by atoms with van der Waals surface area (Å²) in [6.07, 6.45) is 4.84. The molecule has 1 aliphatic carbocycles. The second kappa shape index (κ2) is 7.62. The summed E-state index contributed by atoms with van der Waals surface area (Å²) < 4.78 is 13.2. The molecule has 0 saturated carbocycles. The lowest BCUT2D eigenvalue weighted by Gasteiger charge is -2.25. The lowest BCUT2D eigenvalue weighted by Crippen LogP contribution is -2.31. The van der Waals surface area contributed by atoms with Gasteiger partial charge in [0, 0.05) is 16.8 Å². The van der Waals surface area contributed by atoms with Crippen LogP contribution in [-0.4, -0.2) is 28.9 Å². The van der Waals surface area contributed by atoms with Crippen molar-refractivity contribution in [3.8, 4) is 11.5 Å². The summed E-state index contributed by atoms with van der Waals surface area (Å²) in [4.78, 5) is 12.9. The maximum Gasteiger partial charge on any atom is 0.251 e. The molecule has 3 aromatic rings. The van der Waals surface area contributed by atoms with E-state index in [9.17, 15) is 4.79 Å². The molecule has 1 amide bonds. The Morgan fingerprint density at radius 3 is 2.79 bits per heavy atom. The van der Waals surface area contributed by atoms with Crippen molar-refractivity contribution in [2.45, 2.75) is 31.8 Å². The van der Waals surface area contributed by atoms with Crippen LogP contribution in [0, 0.1) is 0 Å². The molecule has 6 nitrogen and oxygen atoms in total. The van der Waals surface area contributed by atoms with Gasteiger partial charge in [-0.15, -0.1) is 0 Å². The molecule has 0 fully saturated rings. The van der Waals surface area contributed by atoms with Crippen LogP contribution in [0.4, 0.5) is 0 Å². The van der Waals surface area contributed by atoms with E-state index in [1.54, 1.807) is 18.2 Å². The summed E-state index contributed by atoms with van der Waals surface area (Å²) >= 11 is 0. The van der Waals surface area contributed by atoms with Gasteiger partial charge in [-0.1, -0.05) is 30.3 Å². The Balaban J connectivity index is 1.34. The molecule has 2 aliphatic rings. The number of carbonyl (C=O) groups excluding carboxylic acids is 1. The van der Waals surface area contributed by atoms with Crippen LogP contribution >= 0.6 is 0 Å². The van der Waals surface area contributed by atoms with E-state index in [0.717, 1.165) is 31.4 Å². The van der Waals surface area contributed by atoms with E-state index in [1.807, 2.05) is 24.4 Å². The van der Waals surface area contributed by atoms with Gasteiger partial charge < -0.3 is 14.8 Å². The second-order valence-corrected chi connectivity index (χ2v) is 7.47. The molecule has 2 aromatic carbocycles. The third-order valence-electron chi connectivity index (χ3n) is 5.55. The minimum Gasteiger partial charge on any atom is -0.486 e. The lowest BCUT2D eigenvalue weighted by atomic mass is 9.92. The van der Waals surface area contributed by atoms with Crippen molar-refractivity contribution < 1.29 is 14.3 Å². The van der Waals surface area contributed by atoms with Gasteiger partial charge >= 0.3 is 0 Å². The predicted molar refractivity (Wildman–Crippen MR) is 108 cm³/mol. The number of benzene rings is 2. The van der Waals surface area contributed by atoms with Crippen molar-refractivity contribution in [2.75, 3.05) is 13.2 Å². The molecule has 1 atom stereocenters. The van der Waals surface area contributed by atoms with E-state index in [2.05, 4.69) is 27.2 Å². The molecule has 148 valence electrons. The van der Waals surface area contributed by atoms with Crippen molar-refractivity contribution >= 4 is 5.91 Å². The van der Waals surface area contributed by atoms with Crippen LogP contribution in [0.2, 0.25) is 0 Å². The topological polar surface area (TPSA) is 65.4 Å². The molecule has 1 N–H and O–H groups in total. The standard InChI is InChI=1S/C23H23N3O3/c27-23(17-9-10-21-22(13-17)29-12-11-28-21)25-19-7-4-8-20-18(19)14-24-26(20)15-16-5-2-1-3-6-16/h1-3,5-6,9-10,13-14,19H,4,7-8,11-12,15H2,(H,25,27)/t19-/m1/s1. The van der Waals surface area contributed by atoms with E-state index in [1.165, 1.54) is 11.3 Å². The Morgan fingerprint density at radius 2 is 1.93 bits per heavy atom. The van der Waals surface area contributed by atoms with Crippen LogP contribution in [0.25, 0.3) is 0 Å². The van der Waals surface area contributed by atoms with Crippen LogP contribution < -0.4 is 14.8 Å². The molecule has 0 unspecified atom stereocenters. The van der Waals surface area contributed by atoms with Crippen LogP contribution in [0.5, 0.6) is 11.5 Å². The quantitative estimate of drug-likeness (QED) is 0.742.